The number of benzene rings is 1. The number of rotatable bonds is 3. The second-order valence-electron chi connectivity index (χ2n) is 4.95. The highest BCUT2D eigenvalue weighted by Gasteiger charge is 2.22. The minimum atomic E-state index is -0.498. The van der Waals surface area contributed by atoms with E-state index in [0.717, 1.165) is 24.2 Å². The van der Waals surface area contributed by atoms with Gasteiger partial charge in [0.2, 0.25) is 0 Å². The number of carbonyl (C=O) groups excluding carboxylic acids is 2. The number of ether oxygens (including phenoxy) is 1. The fourth-order valence-electron chi connectivity index (χ4n) is 2.47. The van der Waals surface area contributed by atoms with Crippen LogP contribution in [0.15, 0.2) is 24.3 Å². The van der Waals surface area contributed by atoms with Crippen molar-refractivity contribution < 1.29 is 14.3 Å². The molecule has 1 amide bonds. The molecule has 3 rings (SSSR count). The van der Waals surface area contributed by atoms with Crippen LogP contribution < -0.4 is 10.6 Å². The molecule has 7 heteroatoms. The molecule has 0 atom stereocenters. The molecule has 22 heavy (non-hydrogen) atoms. The molecular formula is C15H16N4O3. The predicted molar refractivity (Wildman–Crippen MR) is 79.7 cm³/mol. The van der Waals surface area contributed by atoms with Crippen molar-refractivity contribution in [3.63, 3.8) is 0 Å². The summed E-state index contributed by atoms with van der Waals surface area (Å²) in [4.78, 5) is 24.2. The van der Waals surface area contributed by atoms with Crippen molar-refractivity contribution in [3.05, 3.63) is 46.8 Å². The molecule has 114 valence electrons. The Hall–Kier alpha value is -2.67. The maximum Gasteiger partial charge on any atom is 0.339 e. The van der Waals surface area contributed by atoms with Crippen molar-refractivity contribution in [3.8, 4) is 0 Å². The number of aromatic amines is 1. The number of esters is 1. The average Bonchev–Trinajstić information content (AvgIpc) is 2.99. The molecule has 1 aliphatic heterocycles. The van der Waals surface area contributed by atoms with E-state index in [4.69, 9.17) is 4.74 Å². The van der Waals surface area contributed by atoms with Crippen molar-refractivity contribution in [1.29, 1.82) is 0 Å². The van der Waals surface area contributed by atoms with Gasteiger partial charge in [-0.2, -0.15) is 5.10 Å². The summed E-state index contributed by atoms with van der Waals surface area (Å²) in [5, 5.41) is 12.9. The molecular weight excluding hydrogens is 284 g/mol. The van der Waals surface area contributed by atoms with Gasteiger partial charge < -0.3 is 15.4 Å². The monoisotopic (exact) mass is 300 g/mol. The van der Waals surface area contributed by atoms with Gasteiger partial charge in [0.1, 0.15) is 0 Å². The van der Waals surface area contributed by atoms with Crippen molar-refractivity contribution in [1.82, 2.24) is 15.5 Å². The molecule has 0 radical (unpaired) electrons. The SMILES string of the molecule is COC(=O)c1ccccc1NC(=O)c1n[nH]c2c1CNCC2. The first-order chi connectivity index (χ1) is 10.7. The van der Waals surface area contributed by atoms with Crippen LogP contribution in [0.3, 0.4) is 0 Å². The number of fused-ring (bicyclic) bond motifs is 1. The van der Waals surface area contributed by atoms with Crippen LogP contribution in [0.5, 0.6) is 0 Å². The number of amides is 1. The Morgan fingerprint density at radius 1 is 1.32 bits per heavy atom. The first-order valence-corrected chi connectivity index (χ1v) is 6.96. The standard InChI is InChI=1S/C15H16N4O3/c1-22-15(21)9-4-2-3-5-11(9)17-14(20)13-10-8-16-7-6-12(10)18-19-13/h2-5,16H,6-8H2,1H3,(H,17,20)(H,18,19). The zero-order chi connectivity index (χ0) is 15.5. The number of nitrogens with one attached hydrogen (secondary N) is 3. The topological polar surface area (TPSA) is 96.1 Å². The zero-order valence-corrected chi connectivity index (χ0v) is 12.1. The number of para-hydroxylation sites is 1. The van der Waals surface area contributed by atoms with E-state index in [-0.39, 0.29) is 5.91 Å². The Morgan fingerprint density at radius 2 is 2.14 bits per heavy atom. The van der Waals surface area contributed by atoms with E-state index in [1.807, 2.05) is 0 Å². The minimum Gasteiger partial charge on any atom is -0.465 e. The average molecular weight is 300 g/mol. The van der Waals surface area contributed by atoms with Gasteiger partial charge in [-0.05, 0) is 12.1 Å². The fourth-order valence-corrected chi connectivity index (χ4v) is 2.47. The molecule has 0 bridgehead atoms. The second kappa shape index (κ2) is 5.98. The Labute approximate surface area is 127 Å². The van der Waals surface area contributed by atoms with Crippen LogP contribution in [0.4, 0.5) is 5.69 Å². The molecule has 0 fully saturated rings. The van der Waals surface area contributed by atoms with Crippen LogP contribution in [0.25, 0.3) is 0 Å². The maximum atomic E-state index is 12.4. The molecule has 7 nitrogen and oxygen atoms in total. The molecule has 2 aromatic rings. The van der Waals surface area contributed by atoms with Crippen LogP contribution in [0.2, 0.25) is 0 Å². The first-order valence-electron chi connectivity index (χ1n) is 6.96. The lowest BCUT2D eigenvalue weighted by Gasteiger charge is -2.13. The predicted octanol–water partition coefficient (Wildman–Crippen LogP) is 1.09. The van der Waals surface area contributed by atoms with Gasteiger partial charge in [0, 0.05) is 30.8 Å². The number of aromatic nitrogens is 2. The Morgan fingerprint density at radius 3 is 2.95 bits per heavy atom. The number of hydrogen-bond acceptors (Lipinski definition) is 5. The third-order valence-electron chi connectivity index (χ3n) is 3.60. The van der Waals surface area contributed by atoms with Gasteiger partial charge >= 0.3 is 5.97 Å². The van der Waals surface area contributed by atoms with Crippen molar-refractivity contribution in [2.45, 2.75) is 13.0 Å². The lowest BCUT2D eigenvalue weighted by atomic mass is 10.1. The summed E-state index contributed by atoms with van der Waals surface area (Å²) in [5.74, 6) is -0.848. The van der Waals surface area contributed by atoms with E-state index in [9.17, 15) is 9.59 Å². The van der Waals surface area contributed by atoms with Crippen LogP contribution >= 0.6 is 0 Å². The third-order valence-corrected chi connectivity index (χ3v) is 3.60. The molecule has 0 spiro atoms. The van der Waals surface area contributed by atoms with Gasteiger partial charge in [-0.15, -0.1) is 0 Å². The van der Waals surface area contributed by atoms with Gasteiger partial charge in [0.05, 0.1) is 18.4 Å². The zero-order valence-electron chi connectivity index (χ0n) is 12.1. The highest BCUT2D eigenvalue weighted by atomic mass is 16.5. The van der Waals surface area contributed by atoms with E-state index in [1.165, 1.54) is 7.11 Å². The number of H-pyrrole nitrogens is 1. The summed E-state index contributed by atoms with van der Waals surface area (Å²) >= 11 is 0. The molecule has 0 saturated heterocycles. The second-order valence-corrected chi connectivity index (χ2v) is 4.95. The summed E-state index contributed by atoms with van der Waals surface area (Å²) in [5.41, 5.74) is 2.91. The van der Waals surface area contributed by atoms with Gasteiger partial charge in [-0.25, -0.2) is 4.79 Å². The van der Waals surface area contributed by atoms with Crippen molar-refractivity contribution >= 4 is 17.6 Å². The highest BCUT2D eigenvalue weighted by Crippen LogP contribution is 2.20. The van der Waals surface area contributed by atoms with Gasteiger partial charge in [0.25, 0.3) is 5.91 Å². The van der Waals surface area contributed by atoms with Crippen LogP contribution in [-0.2, 0) is 17.7 Å². The number of carbonyl (C=O) groups is 2. The van der Waals surface area contributed by atoms with Gasteiger partial charge in [0.15, 0.2) is 5.69 Å². The van der Waals surface area contributed by atoms with Crippen molar-refractivity contribution in [2.75, 3.05) is 19.0 Å². The molecule has 0 unspecified atom stereocenters. The first kappa shape index (κ1) is 14.3. The van der Waals surface area contributed by atoms with Gasteiger partial charge in [-0.1, -0.05) is 12.1 Å². The largest absolute Gasteiger partial charge is 0.465 e. The molecule has 3 N–H and O–H groups in total. The Bertz CT molecular complexity index is 723. The third kappa shape index (κ3) is 2.58. The molecule has 1 aliphatic rings. The molecule has 1 aromatic carbocycles. The highest BCUT2D eigenvalue weighted by molar-refractivity contribution is 6.07. The van der Waals surface area contributed by atoms with E-state index in [1.54, 1.807) is 24.3 Å². The number of nitrogens with zero attached hydrogens (tertiary/aromatic N) is 1. The number of anilines is 1. The van der Waals surface area contributed by atoms with E-state index in [0.29, 0.717) is 23.5 Å². The maximum absolute atomic E-state index is 12.4. The smallest absolute Gasteiger partial charge is 0.339 e. The van der Waals surface area contributed by atoms with Crippen LogP contribution in [-0.4, -0.2) is 35.7 Å². The molecule has 0 saturated carbocycles. The minimum absolute atomic E-state index is 0.306. The summed E-state index contributed by atoms with van der Waals surface area (Å²) in [7, 11) is 1.30. The lowest BCUT2D eigenvalue weighted by Crippen LogP contribution is -2.25. The summed E-state index contributed by atoms with van der Waals surface area (Å²) in [6, 6.07) is 6.70. The van der Waals surface area contributed by atoms with E-state index in [2.05, 4.69) is 20.8 Å². The normalized spacial score (nSPS) is 13.3. The Kier molecular flexibility index (Phi) is 3.88. The number of methoxy groups -OCH3 is 1. The molecule has 2 heterocycles. The lowest BCUT2D eigenvalue weighted by molar-refractivity contribution is 0.0602. The quantitative estimate of drug-likeness (QED) is 0.738. The van der Waals surface area contributed by atoms with Crippen LogP contribution in [0.1, 0.15) is 32.1 Å². The Balaban J connectivity index is 1.86. The van der Waals surface area contributed by atoms with Crippen molar-refractivity contribution in [2.24, 2.45) is 0 Å². The molecule has 0 aliphatic carbocycles. The fraction of sp³-hybridized carbons (Fsp3) is 0.267. The number of hydrogen-bond donors (Lipinski definition) is 3. The summed E-state index contributed by atoms with van der Waals surface area (Å²) in [6.07, 6.45) is 0.814. The van der Waals surface area contributed by atoms with Gasteiger partial charge in [-0.3, -0.25) is 9.89 Å². The summed E-state index contributed by atoms with van der Waals surface area (Å²) < 4.78 is 4.72. The van der Waals surface area contributed by atoms with E-state index < -0.39 is 5.97 Å². The van der Waals surface area contributed by atoms with Crippen LogP contribution in [0, 0.1) is 0 Å². The van der Waals surface area contributed by atoms with E-state index >= 15 is 0 Å². The molecule has 1 aromatic heterocycles. The summed E-state index contributed by atoms with van der Waals surface area (Å²) in [6.45, 7) is 1.47.